The molecule has 0 radical (unpaired) electrons. The third-order valence-electron chi connectivity index (χ3n) is 5.64. The molecular formula is C20H25ClN2O. The molecule has 3 N–H and O–H groups in total. The van der Waals surface area contributed by atoms with E-state index in [1.807, 2.05) is 0 Å². The Bertz CT molecular complexity index is 758. The largest absolute Gasteiger partial charge is 0.349 e. The minimum absolute atomic E-state index is 0. The van der Waals surface area contributed by atoms with Crippen LogP contribution in [0.5, 0.6) is 0 Å². The minimum Gasteiger partial charge on any atom is -0.349 e. The SMILES string of the molecule is CC(CN)(NC(=O)C1CC1c1ccc2ccccc2c1)C1CC1.Cl. The molecule has 2 aliphatic carbocycles. The van der Waals surface area contributed by atoms with Crippen LogP contribution in [0, 0.1) is 11.8 Å². The van der Waals surface area contributed by atoms with Crippen LogP contribution >= 0.6 is 12.4 Å². The molecule has 0 spiro atoms. The average molecular weight is 345 g/mol. The second kappa shape index (κ2) is 6.38. The lowest BCUT2D eigenvalue weighted by Crippen LogP contribution is -2.53. The summed E-state index contributed by atoms with van der Waals surface area (Å²) >= 11 is 0. The molecule has 2 saturated carbocycles. The summed E-state index contributed by atoms with van der Waals surface area (Å²) in [5, 5.41) is 5.74. The summed E-state index contributed by atoms with van der Waals surface area (Å²) in [5.74, 6) is 1.22. The molecule has 0 bridgehead atoms. The Morgan fingerprint density at radius 2 is 1.92 bits per heavy atom. The predicted molar refractivity (Wildman–Crippen MR) is 100 cm³/mol. The zero-order chi connectivity index (χ0) is 16.0. The van der Waals surface area contributed by atoms with Gasteiger partial charge in [0.15, 0.2) is 0 Å². The summed E-state index contributed by atoms with van der Waals surface area (Å²) in [6.07, 6.45) is 3.33. The Balaban J connectivity index is 0.00000169. The maximum atomic E-state index is 12.6. The van der Waals surface area contributed by atoms with Crippen molar-refractivity contribution in [1.29, 1.82) is 0 Å². The fourth-order valence-corrected chi connectivity index (χ4v) is 3.71. The average Bonchev–Trinajstić information content (AvgIpc) is 3.46. The molecule has 0 aliphatic heterocycles. The Hall–Kier alpha value is -1.58. The second-order valence-corrected chi connectivity index (χ2v) is 7.44. The lowest BCUT2D eigenvalue weighted by atomic mass is 9.95. The number of carbonyl (C=O) groups excluding carboxylic acids is 1. The number of hydrogen-bond acceptors (Lipinski definition) is 2. The van der Waals surface area contributed by atoms with Gasteiger partial charge in [-0.05, 0) is 54.4 Å². The number of hydrogen-bond donors (Lipinski definition) is 2. The van der Waals surface area contributed by atoms with Crippen molar-refractivity contribution in [2.45, 2.75) is 37.6 Å². The van der Waals surface area contributed by atoms with E-state index in [4.69, 9.17) is 5.73 Å². The molecule has 3 nitrogen and oxygen atoms in total. The maximum Gasteiger partial charge on any atom is 0.224 e. The fourth-order valence-electron chi connectivity index (χ4n) is 3.71. The molecule has 0 saturated heterocycles. The smallest absolute Gasteiger partial charge is 0.224 e. The number of nitrogens with one attached hydrogen (secondary N) is 1. The second-order valence-electron chi connectivity index (χ2n) is 7.44. The summed E-state index contributed by atoms with van der Waals surface area (Å²) in [7, 11) is 0. The highest BCUT2D eigenvalue weighted by atomic mass is 35.5. The monoisotopic (exact) mass is 344 g/mol. The van der Waals surface area contributed by atoms with E-state index in [1.54, 1.807) is 0 Å². The van der Waals surface area contributed by atoms with Crippen LogP contribution in [0.1, 0.15) is 37.7 Å². The molecule has 3 atom stereocenters. The van der Waals surface area contributed by atoms with Crippen molar-refractivity contribution in [1.82, 2.24) is 5.32 Å². The molecule has 0 aromatic heterocycles. The van der Waals surface area contributed by atoms with E-state index >= 15 is 0 Å². The number of benzene rings is 2. The van der Waals surface area contributed by atoms with Crippen molar-refractivity contribution >= 4 is 29.1 Å². The highest BCUT2D eigenvalue weighted by molar-refractivity contribution is 5.86. The fraction of sp³-hybridized carbons (Fsp3) is 0.450. The molecule has 2 aromatic carbocycles. The number of halogens is 1. The van der Waals surface area contributed by atoms with Crippen LogP contribution in [-0.2, 0) is 4.79 Å². The van der Waals surface area contributed by atoms with Gasteiger partial charge in [0.2, 0.25) is 5.91 Å². The van der Waals surface area contributed by atoms with Gasteiger partial charge in [0.05, 0.1) is 5.54 Å². The molecule has 0 heterocycles. The van der Waals surface area contributed by atoms with Crippen molar-refractivity contribution in [3.8, 4) is 0 Å². The van der Waals surface area contributed by atoms with Gasteiger partial charge in [-0.15, -0.1) is 12.4 Å². The zero-order valence-electron chi connectivity index (χ0n) is 14.0. The van der Waals surface area contributed by atoms with Gasteiger partial charge < -0.3 is 11.1 Å². The van der Waals surface area contributed by atoms with E-state index in [0.717, 1.165) is 6.42 Å². The van der Waals surface area contributed by atoms with Gasteiger partial charge in [0.25, 0.3) is 0 Å². The maximum absolute atomic E-state index is 12.6. The molecule has 2 fully saturated rings. The number of fused-ring (bicyclic) bond motifs is 1. The number of amides is 1. The van der Waals surface area contributed by atoms with Crippen LogP contribution in [0.4, 0.5) is 0 Å². The minimum atomic E-state index is -0.215. The standard InChI is InChI=1S/C20H24N2O.ClH/c1-20(12-21,16-8-9-16)22-19(23)18-11-17(18)15-7-6-13-4-2-3-5-14(13)10-15;/h2-7,10,16-18H,8-9,11-12,21H2,1H3,(H,22,23);1H. The Morgan fingerprint density at radius 1 is 1.21 bits per heavy atom. The van der Waals surface area contributed by atoms with Crippen molar-refractivity contribution in [2.75, 3.05) is 6.54 Å². The third-order valence-corrected chi connectivity index (χ3v) is 5.64. The topological polar surface area (TPSA) is 55.1 Å². The van der Waals surface area contributed by atoms with E-state index in [9.17, 15) is 4.79 Å². The molecule has 4 heteroatoms. The highest BCUT2D eigenvalue weighted by Gasteiger charge is 2.48. The van der Waals surface area contributed by atoms with Gasteiger partial charge in [-0.1, -0.05) is 42.5 Å². The first-order valence-corrected chi connectivity index (χ1v) is 8.61. The van der Waals surface area contributed by atoms with Crippen LogP contribution in [0.2, 0.25) is 0 Å². The van der Waals surface area contributed by atoms with Gasteiger partial charge in [0, 0.05) is 12.5 Å². The first-order chi connectivity index (χ1) is 11.1. The normalized spacial score (nSPS) is 24.8. The van der Waals surface area contributed by atoms with Crippen molar-refractivity contribution < 1.29 is 4.79 Å². The van der Waals surface area contributed by atoms with Crippen LogP contribution in [0.25, 0.3) is 10.8 Å². The van der Waals surface area contributed by atoms with Gasteiger partial charge in [-0.2, -0.15) is 0 Å². The Morgan fingerprint density at radius 3 is 2.58 bits per heavy atom. The van der Waals surface area contributed by atoms with E-state index < -0.39 is 0 Å². The molecule has 1 amide bonds. The van der Waals surface area contributed by atoms with E-state index in [1.165, 1.54) is 29.2 Å². The number of rotatable bonds is 5. The molecule has 128 valence electrons. The predicted octanol–water partition coefficient (Wildman–Crippen LogP) is 3.61. The number of nitrogens with two attached hydrogens (primary N) is 1. The first kappa shape index (κ1) is 17.2. The summed E-state index contributed by atoms with van der Waals surface area (Å²) in [6.45, 7) is 2.62. The van der Waals surface area contributed by atoms with Crippen LogP contribution < -0.4 is 11.1 Å². The Labute approximate surface area is 149 Å². The van der Waals surface area contributed by atoms with Crippen LogP contribution in [0.3, 0.4) is 0 Å². The lowest BCUT2D eigenvalue weighted by molar-refractivity contribution is -0.124. The van der Waals surface area contributed by atoms with Gasteiger partial charge in [-0.25, -0.2) is 0 Å². The van der Waals surface area contributed by atoms with Crippen LogP contribution in [-0.4, -0.2) is 18.0 Å². The molecule has 2 aliphatic rings. The summed E-state index contributed by atoms with van der Waals surface area (Å²) in [4.78, 5) is 12.6. The van der Waals surface area contributed by atoms with Crippen LogP contribution in [0.15, 0.2) is 42.5 Å². The van der Waals surface area contributed by atoms with Gasteiger partial charge in [0.1, 0.15) is 0 Å². The van der Waals surface area contributed by atoms with E-state index in [-0.39, 0.29) is 29.8 Å². The van der Waals surface area contributed by atoms with Crippen molar-refractivity contribution in [3.05, 3.63) is 48.0 Å². The van der Waals surface area contributed by atoms with Gasteiger partial charge >= 0.3 is 0 Å². The van der Waals surface area contributed by atoms with Crippen molar-refractivity contribution in [3.63, 3.8) is 0 Å². The van der Waals surface area contributed by atoms with E-state index in [0.29, 0.717) is 18.4 Å². The quantitative estimate of drug-likeness (QED) is 0.870. The highest BCUT2D eigenvalue weighted by Crippen LogP contribution is 2.49. The number of carbonyl (C=O) groups is 1. The summed E-state index contributed by atoms with van der Waals surface area (Å²) in [5.41, 5.74) is 6.98. The molecule has 2 aromatic rings. The van der Waals surface area contributed by atoms with E-state index in [2.05, 4.69) is 54.7 Å². The van der Waals surface area contributed by atoms with Gasteiger partial charge in [-0.3, -0.25) is 4.79 Å². The summed E-state index contributed by atoms with van der Waals surface area (Å²) in [6, 6.07) is 14.9. The zero-order valence-corrected chi connectivity index (χ0v) is 14.8. The first-order valence-electron chi connectivity index (χ1n) is 8.61. The molecule has 4 rings (SSSR count). The Kier molecular flexibility index (Phi) is 4.58. The molecule has 3 unspecified atom stereocenters. The molecular weight excluding hydrogens is 320 g/mol. The molecule has 24 heavy (non-hydrogen) atoms. The third kappa shape index (κ3) is 3.15. The van der Waals surface area contributed by atoms with Crippen molar-refractivity contribution in [2.24, 2.45) is 17.6 Å². The summed E-state index contributed by atoms with van der Waals surface area (Å²) < 4.78 is 0. The lowest BCUT2D eigenvalue weighted by Gasteiger charge is -2.29.